The molecule has 1 N–H and O–H groups in total. The molecule has 1 aliphatic rings. The van der Waals surface area contributed by atoms with Crippen molar-refractivity contribution in [2.75, 3.05) is 13.1 Å². The van der Waals surface area contributed by atoms with Crippen molar-refractivity contribution in [1.29, 1.82) is 0 Å². The quantitative estimate of drug-likeness (QED) is 0.679. The Bertz CT molecular complexity index is 479. The van der Waals surface area contributed by atoms with Crippen LogP contribution in [-0.2, 0) is 6.54 Å². The number of nitrogens with zero attached hydrogens (tertiary/aromatic N) is 2. The van der Waals surface area contributed by atoms with Crippen LogP contribution >= 0.6 is 15.9 Å². The zero-order valence-electron chi connectivity index (χ0n) is 10.9. The van der Waals surface area contributed by atoms with Crippen LogP contribution in [-0.4, -0.2) is 28.9 Å². The van der Waals surface area contributed by atoms with Gasteiger partial charge in [0.15, 0.2) is 0 Å². The highest BCUT2D eigenvalue weighted by Gasteiger charge is 2.25. The number of benzene rings is 1. The lowest BCUT2D eigenvalue weighted by molar-refractivity contribution is 0.220. The van der Waals surface area contributed by atoms with Gasteiger partial charge in [0.25, 0.3) is 0 Å². The van der Waals surface area contributed by atoms with Crippen molar-refractivity contribution in [3.8, 4) is 0 Å². The molecule has 2 rings (SSSR count). The lowest BCUT2D eigenvalue weighted by Gasteiger charge is -2.33. The third-order valence-electron chi connectivity index (χ3n) is 3.68. The Hall–Kier alpha value is -0.940. The largest absolute Gasteiger partial charge is 0.411 e. The van der Waals surface area contributed by atoms with Crippen LogP contribution in [0.2, 0.25) is 0 Å². The maximum atomic E-state index is 13.5. The van der Waals surface area contributed by atoms with E-state index in [-0.39, 0.29) is 5.82 Å². The van der Waals surface area contributed by atoms with Gasteiger partial charge in [0.1, 0.15) is 5.82 Å². The fourth-order valence-electron chi connectivity index (χ4n) is 2.54. The van der Waals surface area contributed by atoms with Crippen LogP contribution < -0.4 is 0 Å². The van der Waals surface area contributed by atoms with Gasteiger partial charge >= 0.3 is 0 Å². The summed E-state index contributed by atoms with van der Waals surface area (Å²) in [4.78, 5) is 2.28. The van der Waals surface area contributed by atoms with Crippen LogP contribution in [0.1, 0.15) is 25.3 Å². The molecule has 0 amide bonds. The average molecular weight is 329 g/mol. The highest BCUT2D eigenvalue weighted by Crippen LogP contribution is 2.24. The van der Waals surface area contributed by atoms with Crippen molar-refractivity contribution in [2.24, 2.45) is 11.1 Å². The first-order valence-electron chi connectivity index (χ1n) is 6.51. The molecule has 1 aliphatic heterocycles. The van der Waals surface area contributed by atoms with E-state index in [1.165, 1.54) is 6.07 Å². The molecule has 1 unspecified atom stereocenters. The van der Waals surface area contributed by atoms with E-state index >= 15 is 0 Å². The minimum absolute atomic E-state index is 0.223. The molecule has 3 nitrogen and oxygen atoms in total. The van der Waals surface area contributed by atoms with Gasteiger partial charge in [-0.25, -0.2) is 4.39 Å². The predicted molar refractivity (Wildman–Crippen MR) is 77.0 cm³/mol. The number of hydrogen-bond donors (Lipinski definition) is 1. The number of piperidine rings is 1. The Morgan fingerprint density at radius 1 is 1.53 bits per heavy atom. The Morgan fingerprint density at radius 2 is 2.32 bits per heavy atom. The standard InChI is InChI=1S/C14H18BrFN2O/c1-2-10-8-18(7-6-13(10)17-19)9-11-4-3-5-12(16)14(11)15/h3-5,10,19H,2,6-9H2,1H3/b17-13+. The minimum atomic E-state index is -0.223. The molecule has 0 saturated carbocycles. The molecule has 1 heterocycles. The molecule has 0 radical (unpaired) electrons. The molecular formula is C14H18BrFN2O. The SMILES string of the molecule is CCC1CN(Cc2cccc(F)c2Br)CC/C1=N\O. The van der Waals surface area contributed by atoms with E-state index in [0.29, 0.717) is 16.9 Å². The van der Waals surface area contributed by atoms with Gasteiger partial charge in [-0.2, -0.15) is 0 Å². The predicted octanol–water partition coefficient (Wildman–Crippen LogP) is 3.65. The van der Waals surface area contributed by atoms with Gasteiger partial charge < -0.3 is 5.21 Å². The number of halogens is 2. The summed E-state index contributed by atoms with van der Waals surface area (Å²) in [7, 11) is 0. The first-order chi connectivity index (χ1) is 9.15. The maximum Gasteiger partial charge on any atom is 0.137 e. The molecule has 0 aromatic heterocycles. The molecular weight excluding hydrogens is 311 g/mol. The van der Waals surface area contributed by atoms with Crippen molar-refractivity contribution < 1.29 is 9.60 Å². The van der Waals surface area contributed by atoms with Gasteiger partial charge in [-0.3, -0.25) is 4.90 Å². The Kier molecular flexibility index (Phi) is 4.93. The summed E-state index contributed by atoms with van der Waals surface area (Å²) in [5.41, 5.74) is 1.84. The smallest absolute Gasteiger partial charge is 0.137 e. The molecule has 1 saturated heterocycles. The molecule has 1 aromatic carbocycles. The highest BCUT2D eigenvalue weighted by atomic mass is 79.9. The Balaban J connectivity index is 2.06. The molecule has 0 spiro atoms. The highest BCUT2D eigenvalue weighted by molar-refractivity contribution is 9.10. The summed E-state index contributed by atoms with van der Waals surface area (Å²) < 4.78 is 14.0. The summed E-state index contributed by atoms with van der Waals surface area (Å²) >= 11 is 3.30. The molecule has 1 fully saturated rings. The number of hydrogen-bond acceptors (Lipinski definition) is 3. The van der Waals surface area contributed by atoms with Crippen molar-refractivity contribution in [2.45, 2.75) is 26.3 Å². The van der Waals surface area contributed by atoms with E-state index in [2.05, 4.69) is 32.9 Å². The third kappa shape index (κ3) is 3.34. The van der Waals surface area contributed by atoms with E-state index in [0.717, 1.165) is 37.2 Å². The zero-order chi connectivity index (χ0) is 13.8. The Morgan fingerprint density at radius 3 is 3.00 bits per heavy atom. The first kappa shape index (κ1) is 14.5. The van der Waals surface area contributed by atoms with Crippen molar-refractivity contribution in [3.05, 3.63) is 34.1 Å². The molecule has 0 aliphatic carbocycles. The zero-order valence-corrected chi connectivity index (χ0v) is 12.5. The summed E-state index contributed by atoms with van der Waals surface area (Å²) in [5, 5.41) is 12.4. The van der Waals surface area contributed by atoms with Crippen LogP contribution in [0.4, 0.5) is 4.39 Å². The average Bonchev–Trinajstić information content (AvgIpc) is 2.43. The van der Waals surface area contributed by atoms with Crippen LogP contribution in [0.25, 0.3) is 0 Å². The summed E-state index contributed by atoms with van der Waals surface area (Å²) in [5.74, 6) is 0.0743. The van der Waals surface area contributed by atoms with Gasteiger partial charge in [-0.15, -0.1) is 0 Å². The fraction of sp³-hybridized carbons (Fsp3) is 0.500. The first-order valence-corrected chi connectivity index (χ1v) is 7.31. The third-order valence-corrected chi connectivity index (χ3v) is 4.57. The fourth-order valence-corrected chi connectivity index (χ4v) is 2.93. The minimum Gasteiger partial charge on any atom is -0.411 e. The molecule has 1 atom stereocenters. The van der Waals surface area contributed by atoms with E-state index in [9.17, 15) is 4.39 Å². The second-order valence-corrected chi connectivity index (χ2v) is 5.69. The topological polar surface area (TPSA) is 35.8 Å². The maximum absolute atomic E-state index is 13.5. The van der Waals surface area contributed by atoms with Crippen molar-refractivity contribution in [1.82, 2.24) is 4.90 Å². The monoisotopic (exact) mass is 328 g/mol. The van der Waals surface area contributed by atoms with Gasteiger partial charge in [0, 0.05) is 32.0 Å². The molecule has 19 heavy (non-hydrogen) atoms. The summed E-state index contributed by atoms with van der Waals surface area (Å²) in [6.45, 7) is 4.52. The van der Waals surface area contributed by atoms with Crippen LogP contribution in [0, 0.1) is 11.7 Å². The summed E-state index contributed by atoms with van der Waals surface area (Å²) in [6, 6.07) is 5.12. The second-order valence-electron chi connectivity index (χ2n) is 4.89. The summed E-state index contributed by atoms with van der Waals surface area (Å²) in [6.07, 6.45) is 1.74. The molecule has 5 heteroatoms. The number of oxime groups is 1. The van der Waals surface area contributed by atoms with Crippen LogP contribution in [0.3, 0.4) is 0 Å². The second kappa shape index (κ2) is 6.48. The van der Waals surface area contributed by atoms with E-state index in [1.54, 1.807) is 6.07 Å². The molecule has 104 valence electrons. The number of likely N-dealkylation sites (tertiary alicyclic amines) is 1. The van der Waals surface area contributed by atoms with Gasteiger partial charge in [-0.05, 0) is 34.0 Å². The Labute approximate surface area is 121 Å². The van der Waals surface area contributed by atoms with Crippen LogP contribution in [0.15, 0.2) is 27.8 Å². The molecule has 0 bridgehead atoms. The number of rotatable bonds is 3. The molecule has 1 aromatic rings. The lowest BCUT2D eigenvalue weighted by atomic mass is 9.93. The van der Waals surface area contributed by atoms with E-state index in [4.69, 9.17) is 5.21 Å². The normalized spacial score (nSPS) is 22.9. The lowest BCUT2D eigenvalue weighted by Crippen LogP contribution is -2.40. The van der Waals surface area contributed by atoms with Gasteiger partial charge in [0.2, 0.25) is 0 Å². The van der Waals surface area contributed by atoms with Crippen molar-refractivity contribution in [3.63, 3.8) is 0 Å². The van der Waals surface area contributed by atoms with Crippen molar-refractivity contribution >= 4 is 21.6 Å². The van der Waals surface area contributed by atoms with Gasteiger partial charge in [0.05, 0.1) is 10.2 Å². The van der Waals surface area contributed by atoms with E-state index in [1.807, 2.05) is 6.07 Å². The van der Waals surface area contributed by atoms with E-state index < -0.39 is 0 Å². The van der Waals surface area contributed by atoms with Gasteiger partial charge in [-0.1, -0.05) is 24.2 Å². The van der Waals surface area contributed by atoms with Crippen LogP contribution in [0.5, 0.6) is 0 Å².